The van der Waals surface area contributed by atoms with Crippen molar-refractivity contribution < 1.29 is 28.6 Å². The summed E-state index contributed by atoms with van der Waals surface area (Å²) in [5.74, 6) is 0.00280. The maximum absolute atomic E-state index is 12.8. The first-order valence-electron chi connectivity index (χ1n) is 10.5. The van der Waals surface area contributed by atoms with E-state index in [4.69, 9.17) is 14.2 Å². The molecule has 0 bridgehead atoms. The smallest absolute Gasteiger partial charge is 0.337 e. The highest BCUT2D eigenvalue weighted by atomic mass is 16.5. The fourth-order valence-corrected chi connectivity index (χ4v) is 3.32. The molecular weight excluding hydrogens is 436 g/mol. The van der Waals surface area contributed by atoms with Crippen LogP contribution in [0.25, 0.3) is 0 Å². The Balaban J connectivity index is 1.73. The van der Waals surface area contributed by atoms with Crippen molar-refractivity contribution in [2.75, 3.05) is 26.6 Å². The average Bonchev–Trinajstić information content (AvgIpc) is 2.87. The number of carbonyl (C=O) groups is 3. The highest BCUT2D eigenvalue weighted by Gasteiger charge is 2.15. The number of methoxy groups -OCH3 is 3. The largest absolute Gasteiger partial charge is 0.497 e. The van der Waals surface area contributed by atoms with Crippen LogP contribution >= 0.6 is 0 Å². The van der Waals surface area contributed by atoms with Crippen molar-refractivity contribution in [1.82, 2.24) is 5.32 Å². The zero-order valence-corrected chi connectivity index (χ0v) is 19.2. The number of hydrogen-bond donors (Lipinski definition) is 2. The topological polar surface area (TPSA) is 103 Å². The Bertz CT molecular complexity index is 1170. The van der Waals surface area contributed by atoms with Crippen LogP contribution in [0.5, 0.6) is 11.5 Å². The van der Waals surface area contributed by atoms with Gasteiger partial charge in [-0.15, -0.1) is 0 Å². The predicted octanol–water partition coefficient (Wildman–Crippen LogP) is 3.60. The Morgan fingerprint density at radius 3 is 2.24 bits per heavy atom. The third-order valence-corrected chi connectivity index (χ3v) is 5.04. The van der Waals surface area contributed by atoms with Gasteiger partial charge in [0.15, 0.2) is 0 Å². The lowest BCUT2D eigenvalue weighted by molar-refractivity contribution is -0.120. The number of carbonyl (C=O) groups excluding carboxylic acids is 3. The van der Waals surface area contributed by atoms with Gasteiger partial charge in [0.05, 0.1) is 38.9 Å². The maximum Gasteiger partial charge on any atom is 0.337 e. The Morgan fingerprint density at radius 1 is 0.824 bits per heavy atom. The first-order valence-corrected chi connectivity index (χ1v) is 10.5. The highest BCUT2D eigenvalue weighted by Crippen LogP contribution is 2.21. The minimum Gasteiger partial charge on any atom is -0.497 e. The summed E-state index contributed by atoms with van der Waals surface area (Å²) in [4.78, 5) is 37.4. The van der Waals surface area contributed by atoms with Crippen LogP contribution in [-0.4, -0.2) is 39.1 Å². The molecule has 0 saturated carbocycles. The molecule has 8 nitrogen and oxygen atoms in total. The Kier molecular flexibility index (Phi) is 8.23. The average molecular weight is 463 g/mol. The SMILES string of the molecule is COC(=O)c1cc(CNC(=O)Cc2ccc(OC)cc2)cc(NC(=O)c2ccccc2OC)c1. The maximum atomic E-state index is 12.8. The molecule has 176 valence electrons. The van der Waals surface area contributed by atoms with E-state index in [0.29, 0.717) is 28.3 Å². The number of ether oxygens (including phenoxy) is 3. The van der Waals surface area contributed by atoms with E-state index in [0.717, 1.165) is 5.56 Å². The van der Waals surface area contributed by atoms with Crippen molar-refractivity contribution in [1.29, 1.82) is 0 Å². The molecule has 0 heterocycles. The summed E-state index contributed by atoms with van der Waals surface area (Å²) in [7, 11) is 4.34. The molecular formula is C26H26N2O6. The molecule has 3 aromatic carbocycles. The van der Waals surface area contributed by atoms with E-state index in [9.17, 15) is 14.4 Å². The van der Waals surface area contributed by atoms with Gasteiger partial charge in [0.25, 0.3) is 5.91 Å². The summed E-state index contributed by atoms with van der Waals surface area (Å²) in [6.45, 7) is 0.164. The van der Waals surface area contributed by atoms with E-state index < -0.39 is 11.9 Å². The molecule has 0 radical (unpaired) electrons. The van der Waals surface area contributed by atoms with Crippen molar-refractivity contribution in [3.8, 4) is 11.5 Å². The number of anilines is 1. The fourth-order valence-electron chi connectivity index (χ4n) is 3.32. The van der Waals surface area contributed by atoms with Gasteiger partial charge < -0.3 is 24.8 Å². The van der Waals surface area contributed by atoms with E-state index in [1.165, 1.54) is 20.3 Å². The Hall–Kier alpha value is -4.33. The molecule has 0 spiro atoms. The molecule has 34 heavy (non-hydrogen) atoms. The summed E-state index contributed by atoms with van der Waals surface area (Å²) >= 11 is 0. The predicted molar refractivity (Wildman–Crippen MR) is 127 cm³/mol. The molecule has 0 unspecified atom stereocenters. The van der Waals surface area contributed by atoms with Gasteiger partial charge in [0.1, 0.15) is 11.5 Å². The van der Waals surface area contributed by atoms with Gasteiger partial charge in [-0.25, -0.2) is 4.79 Å². The summed E-state index contributed by atoms with van der Waals surface area (Å²) in [6.07, 6.45) is 0.193. The van der Waals surface area contributed by atoms with Crippen LogP contribution in [0.3, 0.4) is 0 Å². The third kappa shape index (κ3) is 6.35. The standard InChI is InChI=1S/C26H26N2O6/c1-32-21-10-8-17(9-11-21)14-24(29)27-16-18-12-19(26(31)34-3)15-20(13-18)28-25(30)22-6-4-5-7-23(22)33-2/h4-13,15H,14,16H2,1-3H3,(H,27,29)(H,28,30). The molecule has 3 aromatic rings. The van der Waals surface area contributed by atoms with Crippen molar-refractivity contribution in [2.45, 2.75) is 13.0 Å². The second-order valence-electron chi connectivity index (χ2n) is 7.37. The molecule has 0 aromatic heterocycles. The lowest BCUT2D eigenvalue weighted by Crippen LogP contribution is -2.25. The number of hydrogen-bond acceptors (Lipinski definition) is 6. The summed E-state index contributed by atoms with van der Waals surface area (Å²) in [5, 5.41) is 5.62. The van der Waals surface area contributed by atoms with Crippen molar-refractivity contribution in [2.24, 2.45) is 0 Å². The van der Waals surface area contributed by atoms with Crippen LogP contribution in [0.15, 0.2) is 66.7 Å². The van der Waals surface area contributed by atoms with Crippen LogP contribution in [0.2, 0.25) is 0 Å². The Labute approximate surface area is 197 Å². The minimum atomic E-state index is -0.556. The van der Waals surface area contributed by atoms with E-state index in [1.54, 1.807) is 55.6 Å². The second kappa shape index (κ2) is 11.5. The molecule has 0 fully saturated rings. The van der Waals surface area contributed by atoms with Crippen molar-refractivity contribution in [3.63, 3.8) is 0 Å². The molecule has 0 aliphatic heterocycles. The van der Waals surface area contributed by atoms with Gasteiger partial charge in [-0.1, -0.05) is 24.3 Å². The normalized spacial score (nSPS) is 10.2. The molecule has 0 atom stereocenters. The van der Waals surface area contributed by atoms with Gasteiger partial charge in [0, 0.05) is 12.2 Å². The number of esters is 1. The van der Waals surface area contributed by atoms with Gasteiger partial charge >= 0.3 is 5.97 Å². The van der Waals surface area contributed by atoms with E-state index in [2.05, 4.69) is 10.6 Å². The molecule has 8 heteroatoms. The molecule has 0 saturated heterocycles. The van der Waals surface area contributed by atoms with Crippen molar-refractivity contribution >= 4 is 23.5 Å². The van der Waals surface area contributed by atoms with E-state index in [-0.39, 0.29) is 24.4 Å². The first kappa shape index (κ1) is 24.3. The molecule has 2 N–H and O–H groups in total. The van der Waals surface area contributed by atoms with Gasteiger partial charge in [-0.3, -0.25) is 9.59 Å². The van der Waals surface area contributed by atoms with Crippen LogP contribution in [0, 0.1) is 0 Å². The van der Waals surface area contributed by atoms with E-state index in [1.807, 2.05) is 12.1 Å². The van der Waals surface area contributed by atoms with E-state index >= 15 is 0 Å². The zero-order valence-electron chi connectivity index (χ0n) is 19.2. The lowest BCUT2D eigenvalue weighted by atomic mass is 10.1. The van der Waals surface area contributed by atoms with Crippen LogP contribution in [-0.2, 0) is 22.5 Å². The number of benzene rings is 3. The minimum absolute atomic E-state index is 0.164. The fraction of sp³-hybridized carbons (Fsp3) is 0.192. The second-order valence-corrected chi connectivity index (χ2v) is 7.37. The van der Waals surface area contributed by atoms with Crippen molar-refractivity contribution in [3.05, 3.63) is 89.0 Å². The molecule has 2 amide bonds. The molecule has 0 aliphatic carbocycles. The number of rotatable bonds is 9. The van der Waals surface area contributed by atoms with Crippen LogP contribution in [0.1, 0.15) is 31.8 Å². The van der Waals surface area contributed by atoms with Gasteiger partial charge in [-0.2, -0.15) is 0 Å². The first-order chi connectivity index (χ1) is 16.4. The highest BCUT2D eigenvalue weighted by molar-refractivity contribution is 6.06. The zero-order chi connectivity index (χ0) is 24.5. The summed E-state index contributed by atoms with van der Waals surface area (Å²) in [6, 6.07) is 18.9. The molecule has 3 rings (SSSR count). The number of para-hydroxylation sites is 1. The quantitative estimate of drug-likeness (QED) is 0.471. The third-order valence-electron chi connectivity index (χ3n) is 5.04. The summed E-state index contributed by atoms with van der Waals surface area (Å²) < 4.78 is 15.2. The monoisotopic (exact) mass is 462 g/mol. The molecule has 0 aliphatic rings. The van der Waals surface area contributed by atoms with Gasteiger partial charge in [-0.05, 0) is 53.6 Å². The van der Waals surface area contributed by atoms with Crippen LogP contribution < -0.4 is 20.1 Å². The number of amides is 2. The number of nitrogens with one attached hydrogen (secondary N) is 2. The summed E-state index contributed by atoms with van der Waals surface area (Å²) in [5.41, 5.74) is 2.45. The Morgan fingerprint density at radius 2 is 1.56 bits per heavy atom. The lowest BCUT2D eigenvalue weighted by Gasteiger charge is -2.13. The van der Waals surface area contributed by atoms with Gasteiger partial charge in [0.2, 0.25) is 5.91 Å². The van der Waals surface area contributed by atoms with Crippen LogP contribution in [0.4, 0.5) is 5.69 Å².